The van der Waals surface area contributed by atoms with Crippen molar-refractivity contribution >= 4 is 11.8 Å². The molecule has 0 radical (unpaired) electrons. The van der Waals surface area contributed by atoms with E-state index >= 15 is 0 Å². The molecule has 0 bridgehead atoms. The molecule has 1 N–H and O–H groups in total. The summed E-state index contributed by atoms with van der Waals surface area (Å²) < 4.78 is 24.2. The fourth-order valence-electron chi connectivity index (χ4n) is 3.66. The number of nitrogens with zero attached hydrogens (tertiary/aromatic N) is 1. The Morgan fingerprint density at radius 1 is 0.914 bits per heavy atom. The van der Waals surface area contributed by atoms with E-state index < -0.39 is 11.9 Å². The van der Waals surface area contributed by atoms with E-state index in [1.807, 2.05) is 68.4 Å². The van der Waals surface area contributed by atoms with E-state index in [9.17, 15) is 14.0 Å². The summed E-state index contributed by atoms with van der Waals surface area (Å²) in [6, 6.07) is 21.5. The number of amides is 2. The van der Waals surface area contributed by atoms with Crippen molar-refractivity contribution in [1.82, 2.24) is 10.2 Å². The third-order valence-electron chi connectivity index (χ3n) is 5.37. The Morgan fingerprint density at radius 3 is 2.26 bits per heavy atom. The molecule has 0 aliphatic rings. The standard InChI is InChI=1S/C28H31FN2O4/c1-20(2)30-28(33)26(17-21-8-5-4-6-9-21)31(18-22-10-7-11-25(16-22)34-3)27(32)19-35-24-14-12-23(29)13-15-24/h4-16,20,26H,17-19H2,1-3H3,(H,30,33)/t26-/m0/s1. The first-order valence-corrected chi connectivity index (χ1v) is 11.5. The second kappa shape index (κ2) is 12.6. The maximum Gasteiger partial charge on any atom is 0.261 e. The molecule has 184 valence electrons. The molecule has 0 aromatic heterocycles. The van der Waals surface area contributed by atoms with E-state index in [0.29, 0.717) is 17.9 Å². The number of benzene rings is 3. The Kier molecular flexibility index (Phi) is 9.23. The number of rotatable bonds is 11. The monoisotopic (exact) mass is 478 g/mol. The van der Waals surface area contributed by atoms with Crippen molar-refractivity contribution in [3.8, 4) is 11.5 Å². The van der Waals surface area contributed by atoms with Gasteiger partial charge in [-0.3, -0.25) is 9.59 Å². The first-order valence-electron chi connectivity index (χ1n) is 11.5. The van der Waals surface area contributed by atoms with Gasteiger partial charge in [0.05, 0.1) is 7.11 Å². The predicted octanol–water partition coefficient (Wildman–Crippen LogP) is 4.38. The van der Waals surface area contributed by atoms with Crippen LogP contribution in [0.15, 0.2) is 78.9 Å². The van der Waals surface area contributed by atoms with Crippen LogP contribution in [0.5, 0.6) is 11.5 Å². The zero-order valence-electron chi connectivity index (χ0n) is 20.2. The van der Waals surface area contributed by atoms with Gasteiger partial charge in [0.1, 0.15) is 23.4 Å². The van der Waals surface area contributed by atoms with E-state index in [2.05, 4.69) is 5.32 Å². The lowest BCUT2D eigenvalue weighted by Gasteiger charge is -2.32. The summed E-state index contributed by atoms with van der Waals surface area (Å²) >= 11 is 0. The van der Waals surface area contributed by atoms with Gasteiger partial charge < -0.3 is 19.7 Å². The minimum atomic E-state index is -0.768. The number of hydrogen-bond donors (Lipinski definition) is 1. The normalized spacial score (nSPS) is 11.6. The maximum atomic E-state index is 13.5. The van der Waals surface area contributed by atoms with Crippen molar-refractivity contribution in [1.29, 1.82) is 0 Å². The smallest absolute Gasteiger partial charge is 0.261 e. The largest absolute Gasteiger partial charge is 0.497 e. The molecule has 0 unspecified atom stereocenters. The lowest BCUT2D eigenvalue weighted by Crippen LogP contribution is -2.52. The van der Waals surface area contributed by atoms with Crippen LogP contribution >= 0.6 is 0 Å². The molecule has 0 saturated heterocycles. The number of hydrogen-bond acceptors (Lipinski definition) is 4. The number of nitrogens with one attached hydrogen (secondary N) is 1. The molecule has 7 heteroatoms. The highest BCUT2D eigenvalue weighted by Gasteiger charge is 2.31. The van der Waals surface area contributed by atoms with Gasteiger partial charge in [0, 0.05) is 19.0 Å². The average Bonchev–Trinajstić information content (AvgIpc) is 2.86. The number of carbonyl (C=O) groups is 2. The van der Waals surface area contributed by atoms with Crippen molar-refractivity contribution in [3.63, 3.8) is 0 Å². The second-order valence-corrected chi connectivity index (χ2v) is 8.48. The van der Waals surface area contributed by atoms with Crippen LogP contribution in [0.2, 0.25) is 0 Å². The van der Waals surface area contributed by atoms with Gasteiger partial charge in [0.25, 0.3) is 5.91 Å². The minimum absolute atomic E-state index is 0.0926. The molecule has 0 aliphatic heterocycles. The summed E-state index contributed by atoms with van der Waals surface area (Å²) in [4.78, 5) is 28.3. The molecule has 3 aromatic carbocycles. The molecule has 1 atom stereocenters. The van der Waals surface area contributed by atoms with Crippen LogP contribution in [0.1, 0.15) is 25.0 Å². The summed E-state index contributed by atoms with van der Waals surface area (Å²) in [7, 11) is 1.58. The van der Waals surface area contributed by atoms with Crippen molar-refractivity contribution in [2.24, 2.45) is 0 Å². The van der Waals surface area contributed by atoms with Gasteiger partial charge in [-0.05, 0) is 61.4 Å². The molecule has 35 heavy (non-hydrogen) atoms. The topological polar surface area (TPSA) is 67.9 Å². The van der Waals surface area contributed by atoms with E-state index in [1.54, 1.807) is 7.11 Å². The van der Waals surface area contributed by atoms with Crippen LogP contribution < -0.4 is 14.8 Å². The SMILES string of the molecule is COc1cccc(CN(C(=O)COc2ccc(F)cc2)[C@@H](Cc2ccccc2)C(=O)NC(C)C)c1. The van der Waals surface area contributed by atoms with Gasteiger partial charge in [-0.2, -0.15) is 0 Å². The highest BCUT2D eigenvalue weighted by Crippen LogP contribution is 2.19. The Bertz CT molecular complexity index is 1100. The van der Waals surface area contributed by atoms with Crippen molar-refractivity contribution in [3.05, 3.63) is 95.8 Å². The molecule has 0 aliphatic carbocycles. The third-order valence-corrected chi connectivity index (χ3v) is 5.37. The van der Waals surface area contributed by atoms with Crippen LogP contribution in [-0.4, -0.2) is 42.5 Å². The molecule has 3 rings (SSSR count). The molecular formula is C28H31FN2O4. The summed E-state index contributed by atoms with van der Waals surface area (Å²) in [5.41, 5.74) is 1.74. The Balaban J connectivity index is 1.91. The van der Waals surface area contributed by atoms with Crippen molar-refractivity contribution < 1.29 is 23.5 Å². The van der Waals surface area contributed by atoms with Crippen LogP contribution in [0.3, 0.4) is 0 Å². The first kappa shape index (κ1) is 25.7. The zero-order valence-corrected chi connectivity index (χ0v) is 20.2. The van der Waals surface area contributed by atoms with Crippen LogP contribution in [0.25, 0.3) is 0 Å². The molecule has 6 nitrogen and oxygen atoms in total. The van der Waals surface area contributed by atoms with Gasteiger partial charge in [0.2, 0.25) is 5.91 Å². The van der Waals surface area contributed by atoms with E-state index in [-0.39, 0.29) is 31.0 Å². The maximum absolute atomic E-state index is 13.5. The second-order valence-electron chi connectivity index (χ2n) is 8.48. The summed E-state index contributed by atoms with van der Waals surface area (Å²) in [5, 5.41) is 2.95. The van der Waals surface area contributed by atoms with Gasteiger partial charge in [0.15, 0.2) is 6.61 Å². The van der Waals surface area contributed by atoms with Gasteiger partial charge in [-0.25, -0.2) is 4.39 Å². The zero-order chi connectivity index (χ0) is 25.2. The highest BCUT2D eigenvalue weighted by atomic mass is 19.1. The minimum Gasteiger partial charge on any atom is -0.497 e. The summed E-state index contributed by atoms with van der Waals surface area (Å²) in [5.74, 6) is 0.0199. The molecule has 0 fully saturated rings. The summed E-state index contributed by atoms with van der Waals surface area (Å²) in [6.07, 6.45) is 0.339. The third kappa shape index (κ3) is 7.84. The lowest BCUT2D eigenvalue weighted by atomic mass is 10.0. The first-order chi connectivity index (χ1) is 16.9. The Labute approximate surface area is 205 Å². The van der Waals surface area contributed by atoms with Crippen LogP contribution in [-0.2, 0) is 22.6 Å². The fourth-order valence-corrected chi connectivity index (χ4v) is 3.66. The van der Waals surface area contributed by atoms with Crippen molar-refractivity contribution in [2.75, 3.05) is 13.7 Å². The number of carbonyl (C=O) groups excluding carboxylic acids is 2. The molecule has 3 aromatic rings. The molecular weight excluding hydrogens is 447 g/mol. The quantitative estimate of drug-likeness (QED) is 0.444. The lowest BCUT2D eigenvalue weighted by molar-refractivity contribution is -0.143. The van der Waals surface area contributed by atoms with Gasteiger partial charge in [-0.15, -0.1) is 0 Å². The van der Waals surface area contributed by atoms with Gasteiger partial charge >= 0.3 is 0 Å². The number of halogens is 1. The Morgan fingerprint density at radius 2 is 1.60 bits per heavy atom. The molecule has 0 spiro atoms. The molecule has 2 amide bonds. The van der Waals surface area contributed by atoms with Crippen LogP contribution in [0, 0.1) is 5.82 Å². The number of ether oxygens (including phenoxy) is 2. The highest BCUT2D eigenvalue weighted by molar-refractivity contribution is 5.88. The average molecular weight is 479 g/mol. The van der Waals surface area contributed by atoms with E-state index in [0.717, 1.165) is 11.1 Å². The Hall–Kier alpha value is -3.87. The van der Waals surface area contributed by atoms with Gasteiger partial charge in [-0.1, -0.05) is 42.5 Å². The summed E-state index contributed by atoms with van der Waals surface area (Å²) in [6.45, 7) is 3.65. The molecule has 0 saturated carbocycles. The van der Waals surface area contributed by atoms with Crippen LogP contribution in [0.4, 0.5) is 4.39 Å². The molecule has 0 heterocycles. The predicted molar refractivity (Wildman–Crippen MR) is 133 cm³/mol. The fraction of sp³-hybridized carbons (Fsp3) is 0.286. The van der Waals surface area contributed by atoms with Crippen molar-refractivity contribution in [2.45, 2.75) is 38.9 Å². The van der Waals surface area contributed by atoms with E-state index in [4.69, 9.17) is 9.47 Å². The van der Waals surface area contributed by atoms with E-state index in [1.165, 1.54) is 29.2 Å². The number of methoxy groups -OCH3 is 1.